The summed E-state index contributed by atoms with van der Waals surface area (Å²) in [6.45, 7) is 2.51. The maximum atomic E-state index is 13.0. The Hall–Kier alpha value is -2.71. The monoisotopic (exact) mass is 455 g/mol. The summed E-state index contributed by atoms with van der Waals surface area (Å²) in [5, 5.41) is 2.98. The Morgan fingerprint density at radius 2 is 1.59 bits per heavy atom. The summed E-state index contributed by atoms with van der Waals surface area (Å²) >= 11 is 0. The quantitative estimate of drug-likeness (QED) is 0.726. The number of amides is 2. The number of nitrogens with one attached hydrogen (secondary N) is 1. The number of hydrogen-bond acceptors (Lipinski definition) is 4. The van der Waals surface area contributed by atoms with E-state index in [1.165, 1.54) is 10.4 Å². The SMILES string of the molecule is O=C(NCc1ccccc1)C1CCN(C(=O)c2cccc(S(=O)(=O)N3CCCC3)c2)CC1. The van der Waals surface area contributed by atoms with E-state index >= 15 is 0 Å². The Morgan fingerprint density at radius 3 is 2.28 bits per heavy atom. The zero-order chi connectivity index (χ0) is 22.6. The van der Waals surface area contributed by atoms with E-state index in [0.717, 1.165) is 18.4 Å². The molecule has 2 aliphatic heterocycles. The summed E-state index contributed by atoms with van der Waals surface area (Å²) in [5.74, 6) is -0.295. The smallest absolute Gasteiger partial charge is 0.253 e. The maximum absolute atomic E-state index is 13.0. The van der Waals surface area contributed by atoms with Crippen molar-refractivity contribution in [2.24, 2.45) is 5.92 Å². The highest BCUT2D eigenvalue weighted by molar-refractivity contribution is 7.89. The van der Waals surface area contributed by atoms with E-state index in [4.69, 9.17) is 0 Å². The average molecular weight is 456 g/mol. The second-order valence-electron chi connectivity index (χ2n) is 8.41. The number of sulfonamides is 1. The minimum atomic E-state index is -3.57. The molecule has 2 aliphatic rings. The van der Waals surface area contributed by atoms with Crippen molar-refractivity contribution >= 4 is 21.8 Å². The van der Waals surface area contributed by atoms with Crippen molar-refractivity contribution in [3.8, 4) is 0 Å². The van der Waals surface area contributed by atoms with E-state index in [0.29, 0.717) is 51.1 Å². The average Bonchev–Trinajstić information content (AvgIpc) is 3.39. The summed E-state index contributed by atoms with van der Waals surface area (Å²) in [5.41, 5.74) is 1.43. The molecule has 2 heterocycles. The summed E-state index contributed by atoms with van der Waals surface area (Å²) in [6, 6.07) is 16.1. The first-order valence-corrected chi connectivity index (χ1v) is 12.6. The molecule has 0 saturated carbocycles. The second-order valence-corrected chi connectivity index (χ2v) is 10.3. The third kappa shape index (κ3) is 5.02. The highest BCUT2D eigenvalue weighted by Gasteiger charge is 2.30. The van der Waals surface area contributed by atoms with Crippen LogP contribution in [0.1, 0.15) is 41.6 Å². The second kappa shape index (κ2) is 9.83. The number of nitrogens with zero attached hydrogens (tertiary/aromatic N) is 2. The lowest BCUT2D eigenvalue weighted by Gasteiger charge is -2.31. The van der Waals surface area contributed by atoms with Crippen molar-refractivity contribution in [3.05, 3.63) is 65.7 Å². The van der Waals surface area contributed by atoms with E-state index in [2.05, 4.69) is 5.32 Å². The molecule has 2 aromatic rings. The van der Waals surface area contributed by atoms with Gasteiger partial charge in [-0.15, -0.1) is 0 Å². The Labute approximate surface area is 189 Å². The lowest BCUT2D eigenvalue weighted by Crippen LogP contribution is -2.43. The van der Waals surface area contributed by atoms with Gasteiger partial charge in [-0.25, -0.2) is 8.42 Å². The van der Waals surface area contributed by atoms with Gasteiger partial charge in [0.2, 0.25) is 15.9 Å². The number of carbonyl (C=O) groups excluding carboxylic acids is 2. The number of carbonyl (C=O) groups is 2. The normalized spacial score (nSPS) is 17.9. The fourth-order valence-corrected chi connectivity index (χ4v) is 5.89. The zero-order valence-corrected chi connectivity index (χ0v) is 18.9. The summed E-state index contributed by atoms with van der Waals surface area (Å²) in [6.07, 6.45) is 2.92. The molecule has 4 rings (SSSR count). The zero-order valence-electron chi connectivity index (χ0n) is 18.1. The molecule has 7 nitrogen and oxygen atoms in total. The van der Waals surface area contributed by atoms with Crippen molar-refractivity contribution in [2.45, 2.75) is 37.1 Å². The maximum Gasteiger partial charge on any atom is 0.253 e. The molecular weight excluding hydrogens is 426 g/mol. The van der Waals surface area contributed by atoms with Crippen molar-refractivity contribution < 1.29 is 18.0 Å². The molecular formula is C24H29N3O4S. The van der Waals surface area contributed by atoms with Crippen LogP contribution in [-0.4, -0.2) is 55.6 Å². The van der Waals surface area contributed by atoms with Crippen molar-refractivity contribution in [1.29, 1.82) is 0 Å². The van der Waals surface area contributed by atoms with Gasteiger partial charge < -0.3 is 10.2 Å². The molecule has 1 N–H and O–H groups in total. The molecule has 32 heavy (non-hydrogen) atoms. The number of piperidine rings is 1. The molecule has 2 aromatic carbocycles. The molecule has 0 spiro atoms. The van der Waals surface area contributed by atoms with Crippen LogP contribution in [-0.2, 0) is 21.4 Å². The van der Waals surface area contributed by atoms with Crippen LogP contribution in [0, 0.1) is 5.92 Å². The van der Waals surface area contributed by atoms with E-state index in [-0.39, 0.29) is 22.6 Å². The largest absolute Gasteiger partial charge is 0.352 e. The Balaban J connectivity index is 1.34. The molecule has 0 unspecified atom stereocenters. The molecule has 0 atom stereocenters. The van der Waals surface area contributed by atoms with Gasteiger partial charge in [0, 0.05) is 44.2 Å². The van der Waals surface area contributed by atoms with Crippen LogP contribution < -0.4 is 5.32 Å². The van der Waals surface area contributed by atoms with Gasteiger partial charge >= 0.3 is 0 Å². The molecule has 2 fully saturated rings. The third-order valence-electron chi connectivity index (χ3n) is 6.25. The Kier molecular flexibility index (Phi) is 6.91. The van der Waals surface area contributed by atoms with Gasteiger partial charge in [-0.3, -0.25) is 9.59 Å². The number of hydrogen-bond donors (Lipinski definition) is 1. The van der Waals surface area contributed by atoms with E-state index < -0.39 is 10.0 Å². The fourth-order valence-electron chi connectivity index (χ4n) is 4.32. The molecule has 0 radical (unpaired) electrons. The van der Waals surface area contributed by atoms with Crippen molar-refractivity contribution in [3.63, 3.8) is 0 Å². The topological polar surface area (TPSA) is 86.8 Å². The first-order chi connectivity index (χ1) is 15.4. The first kappa shape index (κ1) is 22.5. The van der Waals surface area contributed by atoms with Crippen LogP contribution in [0.2, 0.25) is 0 Å². The first-order valence-electron chi connectivity index (χ1n) is 11.2. The lowest BCUT2D eigenvalue weighted by atomic mass is 9.95. The van der Waals surface area contributed by atoms with Gasteiger partial charge in [0.15, 0.2) is 0 Å². The highest BCUT2D eigenvalue weighted by atomic mass is 32.2. The van der Waals surface area contributed by atoms with Crippen LogP contribution in [0.5, 0.6) is 0 Å². The van der Waals surface area contributed by atoms with Crippen LogP contribution in [0.4, 0.5) is 0 Å². The standard InChI is InChI=1S/C24H29N3O4S/c28-23(25-18-19-7-2-1-3-8-19)20-11-15-26(16-12-20)24(29)21-9-6-10-22(17-21)32(30,31)27-13-4-5-14-27/h1-3,6-10,17,20H,4-5,11-16,18H2,(H,25,28). The third-order valence-corrected chi connectivity index (χ3v) is 8.14. The summed E-state index contributed by atoms with van der Waals surface area (Å²) in [7, 11) is -3.57. The number of likely N-dealkylation sites (tertiary alicyclic amines) is 1. The summed E-state index contributed by atoms with van der Waals surface area (Å²) < 4.78 is 27.1. The minimum Gasteiger partial charge on any atom is -0.352 e. The van der Waals surface area contributed by atoms with Gasteiger partial charge in [0.25, 0.3) is 5.91 Å². The van der Waals surface area contributed by atoms with Gasteiger partial charge in [-0.2, -0.15) is 4.31 Å². The molecule has 8 heteroatoms. The Bertz CT molecular complexity index is 1060. The number of rotatable bonds is 6. The molecule has 2 amide bonds. The molecule has 0 bridgehead atoms. The molecule has 0 aliphatic carbocycles. The van der Waals surface area contributed by atoms with Crippen LogP contribution >= 0.6 is 0 Å². The number of benzene rings is 2. The minimum absolute atomic E-state index is 0.0136. The Morgan fingerprint density at radius 1 is 0.906 bits per heavy atom. The lowest BCUT2D eigenvalue weighted by molar-refractivity contribution is -0.126. The fraction of sp³-hybridized carbons (Fsp3) is 0.417. The van der Waals surface area contributed by atoms with Crippen molar-refractivity contribution in [2.75, 3.05) is 26.2 Å². The van der Waals surface area contributed by atoms with Gasteiger partial charge in [-0.05, 0) is 49.4 Å². The molecule has 2 saturated heterocycles. The predicted octanol–water partition coefficient (Wildman–Crippen LogP) is 2.64. The molecule has 170 valence electrons. The van der Waals surface area contributed by atoms with E-state index in [9.17, 15) is 18.0 Å². The van der Waals surface area contributed by atoms with E-state index in [1.807, 2.05) is 30.3 Å². The molecule has 0 aromatic heterocycles. The van der Waals surface area contributed by atoms with Gasteiger partial charge in [-0.1, -0.05) is 36.4 Å². The predicted molar refractivity (Wildman–Crippen MR) is 121 cm³/mol. The van der Waals surface area contributed by atoms with Crippen LogP contribution in [0.15, 0.2) is 59.5 Å². The highest BCUT2D eigenvalue weighted by Crippen LogP contribution is 2.24. The summed E-state index contributed by atoms with van der Waals surface area (Å²) in [4.78, 5) is 27.4. The van der Waals surface area contributed by atoms with Gasteiger partial charge in [0.1, 0.15) is 0 Å². The van der Waals surface area contributed by atoms with Crippen LogP contribution in [0.3, 0.4) is 0 Å². The van der Waals surface area contributed by atoms with E-state index in [1.54, 1.807) is 23.1 Å². The van der Waals surface area contributed by atoms with Gasteiger partial charge in [0.05, 0.1) is 4.90 Å². The van der Waals surface area contributed by atoms with Crippen molar-refractivity contribution in [1.82, 2.24) is 14.5 Å². The van der Waals surface area contributed by atoms with Crippen LogP contribution in [0.25, 0.3) is 0 Å².